The number of carbonyl (C=O) groups excluding carboxylic acids is 2. The molecular formula is C26H27FN2O4. The predicted molar refractivity (Wildman–Crippen MR) is 123 cm³/mol. The molecule has 2 amide bonds. The van der Waals surface area contributed by atoms with Crippen LogP contribution in [0, 0.1) is 5.82 Å². The molecular weight excluding hydrogens is 423 g/mol. The summed E-state index contributed by atoms with van der Waals surface area (Å²) in [6, 6.07) is 14.8. The van der Waals surface area contributed by atoms with Crippen molar-refractivity contribution in [2.45, 2.75) is 44.7 Å². The molecule has 0 spiro atoms. The minimum Gasteiger partial charge on any atom is -0.492 e. The van der Waals surface area contributed by atoms with Gasteiger partial charge in [-0.3, -0.25) is 14.5 Å². The van der Waals surface area contributed by atoms with Gasteiger partial charge in [0.05, 0.1) is 18.6 Å². The number of nitrogens with zero attached hydrogens (tertiary/aromatic N) is 1. The van der Waals surface area contributed by atoms with Gasteiger partial charge in [0.25, 0.3) is 5.91 Å². The maximum atomic E-state index is 15.1. The summed E-state index contributed by atoms with van der Waals surface area (Å²) in [6.07, 6.45) is 5.15. The van der Waals surface area contributed by atoms with Crippen molar-refractivity contribution in [3.05, 3.63) is 84.1 Å². The van der Waals surface area contributed by atoms with Crippen LogP contribution in [0.1, 0.15) is 54.8 Å². The van der Waals surface area contributed by atoms with Gasteiger partial charge >= 0.3 is 0 Å². The quantitative estimate of drug-likeness (QED) is 0.508. The summed E-state index contributed by atoms with van der Waals surface area (Å²) in [5, 5.41) is 3.04. The number of hydrogen-bond donors (Lipinski definition) is 1. The number of amides is 2. The largest absolute Gasteiger partial charge is 0.492 e. The van der Waals surface area contributed by atoms with Crippen molar-refractivity contribution in [2.24, 2.45) is 0 Å². The summed E-state index contributed by atoms with van der Waals surface area (Å²) < 4.78 is 26.2. The Morgan fingerprint density at radius 3 is 2.52 bits per heavy atom. The van der Waals surface area contributed by atoms with E-state index < -0.39 is 23.7 Å². The van der Waals surface area contributed by atoms with Gasteiger partial charge < -0.3 is 14.5 Å². The minimum atomic E-state index is -1.26. The Kier molecular flexibility index (Phi) is 7.07. The van der Waals surface area contributed by atoms with Crippen molar-refractivity contribution < 1.29 is 23.1 Å². The number of hydrogen-bond acceptors (Lipinski definition) is 4. The summed E-state index contributed by atoms with van der Waals surface area (Å²) >= 11 is 0. The molecule has 1 unspecified atom stereocenters. The van der Waals surface area contributed by atoms with Crippen LogP contribution < -0.4 is 15.0 Å². The molecule has 1 N–H and O–H groups in total. The number of nitrogens with one attached hydrogen (secondary N) is 1. The van der Waals surface area contributed by atoms with E-state index in [1.165, 1.54) is 29.4 Å². The van der Waals surface area contributed by atoms with Gasteiger partial charge in [-0.25, -0.2) is 4.39 Å². The van der Waals surface area contributed by atoms with Crippen LogP contribution in [0.2, 0.25) is 0 Å². The third-order valence-corrected chi connectivity index (χ3v) is 5.78. The number of carbonyl (C=O) groups is 2. The fraction of sp³-hybridized carbons (Fsp3) is 0.308. The molecule has 3 aromatic rings. The predicted octanol–water partition coefficient (Wildman–Crippen LogP) is 5.26. The highest BCUT2D eigenvalue weighted by Crippen LogP contribution is 2.37. The van der Waals surface area contributed by atoms with Crippen molar-refractivity contribution >= 4 is 17.5 Å². The van der Waals surface area contributed by atoms with Crippen molar-refractivity contribution in [1.29, 1.82) is 0 Å². The topological polar surface area (TPSA) is 71.8 Å². The van der Waals surface area contributed by atoms with E-state index >= 15 is 4.39 Å². The number of furan rings is 1. The van der Waals surface area contributed by atoms with Gasteiger partial charge in [0, 0.05) is 11.6 Å². The van der Waals surface area contributed by atoms with E-state index in [4.69, 9.17) is 9.15 Å². The first-order chi connectivity index (χ1) is 16.1. The summed E-state index contributed by atoms with van der Waals surface area (Å²) in [5.41, 5.74) is 0.453. The molecule has 2 aromatic carbocycles. The summed E-state index contributed by atoms with van der Waals surface area (Å²) in [7, 11) is 0. The molecule has 0 bridgehead atoms. The number of benzene rings is 2. The monoisotopic (exact) mass is 450 g/mol. The number of ether oxygens (including phenoxy) is 1. The highest BCUT2D eigenvalue weighted by molar-refractivity contribution is 6.09. The van der Waals surface area contributed by atoms with Crippen LogP contribution in [0.5, 0.6) is 5.75 Å². The van der Waals surface area contributed by atoms with E-state index in [0.29, 0.717) is 18.0 Å². The van der Waals surface area contributed by atoms with E-state index in [-0.39, 0.29) is 17.4 Å². The Labute approximate surface area is 192 Å². The molecule has 4 rings (SSSR count). The lowest BCUT2D eigenvalue weighted by molar-refractivity contribution is -0.123. The van der Waals surface area contributed by atoms with E-state index in [9.17, 15) is 9.59 Å². The molecule has 1 atom stereocenters. The van der Waals surface area contributed by atoms with E-state index in [2.05, 4.69) is 5.32 Å². The molecule has 0 aliphatic heterocycles. The van der Waals surface area contributed by atoms with Crippen molar-refractivity contribution in [2.75, 3.05) is 11.5 Å². The second kappa shape index (κ2) is 10.3. The second-order valence-electron chi connectivity index (χ2n) is 7.97. The fourth-order valence-corrected chi connectivity index (χ4v) is 4.26. The maximum absolute atomic E-state index is 15.1. The Morgan fingerprint density at radius 1 is 1.09 bits per heavy atom. The van der Waals surface area contributed by atoms with Gasteiger partial charge in [0.1, 0.15) is 17.6 Å². The third-order valence-electron chi connectivity index (χ3n) is 5.78. The highest BCUT2D eigenvalue weighted by atomic mass is 19.1. The first kappa shape index (κ1) is 22.6. The van der Waals surface area contributed by atoms with Gasteiger partial charge in [0.15, 0.2) is 5.76 Å². The maximum Gasteiger partial charge on any atom is 0.295 e. The SMILES string of the molecule is CCOc1ccccc1N(C(=O)c1ccco1)C(C(=O)NC1CCCC1)c1ccccc1F. The molecule has 6 nitrogen and oxygen atoms in total. The van der Waals surface area contributed by atoms with E-state index in [0.717, 1.165) is 25.7 Å². The van der Waals surface area contributed by atoms with Crippen LogP contribution in [0.15, 0.2) is 71.3 Å². The minimum absolute atomic E-state index is 0.00512. The van der Waals surface area contributed by atoms with Crippen molar-refractivity contribution in [3.63, 3.8) is 0 Å². The van der Waals surface area contributed by atoms with Crippen LogP contribution in [0.3, 0.4) is 0 Å². The molecule has 1 aromatic heterocycles. The van der Waals surface area contributed by atoms with E-state index in [1.54, 1.807) is 42.5 Å². The molecule has 1 fully saturated rings. The number of para-hydroxylation sites is 2. The molecule has 1 aliphatic rings. The van der Waals surface area contributed by atoms with Crippen LogP contribution in [-0.4, -0.2) is 24.5 Å². The van der Waals surface area contributed by atoms with Crippen LogP contribution in [0.4, 0.5) is 10.1 Å². The molecule has 0 saturated heterocycles. The van der Waals surface area contributed by atoms with Gasteiger partial charge in [-0.1, -0.05) is 43.2 Å². The molecule has 1 heterocycles. The second-order valence-corrected chi connectivity index (χ2v) is 7.97. The summed E-state index contributed by atoms with van der Waals surface area (Å²) in [4.78, 5) is 28.6. The molecule has 33 heavy (non-hydrogen) atoms. The summed E-state index contributed by atoms with van der Waals surface area (Å²) in [6.45, 7) is 2.19. The lowest BCUT2D eigenvalue weighted by atomic mass is 10.0. The molecule has 0 radical (unpaired) electrons. The van der Waals surface area contributed by atoms with Gasteiger partial charge in [-0.05, 0) is 50.1 Å². The highest BCUT2D eigenvalue weighted by Gasteiger charge is 2.38. The number of rotatable bonds is 8. The van der Waals surface area contributed by atoms with E-state index in [1.807, 2.05) is 6.92 Å². The molecule has 7 heteroatoms. The van der Waals surface area contributed by atoms with Crippen LogP contribution in [-0.2, 0) is 4.79 Å². The zero-order chi connectivity index (χ0) is 23.2. The lowest BCUT2D eigenvalue weighted by Crippen LogP contribution is -2.46. The number of anilines is 1. The molecule has 1 aliphatic carbocycles. The zero-order valence-electron chi connectivity index (χ0n) is 18.5. The van der Waals surface area contributed by atoms with Crippen molar-refractivity contribution in [1.82, 2.24) is 5.32 Å². The lowest BCUT2D eigenvalue weighted by Gasteiger charge is -2.32. The summed E-state index contributed by atoms with van der Waals surface area (Å²) in [5.74, 6) is -1.14. The first-order valence-electron chi connectivity index (χ1n) is 11.2. The fourth-order valence-electron chi connectivity index (χ4n) is 4.26. The van der Waals surface area contributed by atoms with Gasteiger partial charge in [-0.15, -0.1) is 0 Å². The molecule has 172 valence electrons. The van der Waals surface area contributed by atoms with Gasteiger partial charge in [-0.2, -0.15) is 0 Å². The Hall–Kier alpha value is -3.61. The smallest absolute Gasteiger partial charge is 0.295 e. The first-order valence-corrected chi connectivity index (χ1v) is 11.2. The van der Waals surface area contributed by atoms with Crippen LogP contribution in [0.25, 0.3) is 0 Å². The van der Waals surface area contributed by atoms with Crippen molar-refractivity contribution in [3.8, 4) is 5.75 Å². The average molecular weight is 451 g/mol. The molecule has 1 saturated carbocycles. The van der Waals surface area contributed by atoms with Gasteiger partial charge in [0.2, 0.25) is 5.91 Å². The van der Waals surface area contributed by atoms with Crippen LogP contribution >= 0.6 is 0 Å². The standard InChI is InChI=1S/C26H27FN2O4/c1-2-32-22-15-8-7-14-21(22)29(26(31)23-16-9-17-33-23)24(19-12-5-6-13-20(19)27)25(30)28-18-10-3-4-11-18/h5-9,12-18,24H,2-4,10-11H2,1H3,(H,28,30). The third kappa shape index (κ3) is 4.92. The Balaban J connectivity index is 1.86. The Bertz CT molecular complexity index is 1090. The zero-order valence-corrected chi connectivity index (χ0v) is 18.5. The number of halogens is 1. The average Bonchev–Trinajstić information content (AvgIpc) is 3.53. The Morgan fingerprint density at radius 2 is 1.82 bits per heavy atom. The normalized spacial score (nSPS) is 14.6.